The molecule has 0 spiro atoms. The quantitative estimate of drug-likeness (QED) is 0.788. The third-order valence-electron chi connectivity index (χ3n) is 5.45. The van der Waals surface area contributed by atoms with Crippen molar-refractivity contribution in [3.63, 3.8) is 0 Å². The van der Waals surface area contributed by atoms with Gasteiger partial charge in [0, 0.05) is 26.2 Å². The molecule has 0 unspecified atom stereocenters. The highest BCUT2D eigenvalue weighted by atomic mass is 32.2. The van der Waals surface area contributed by atoms with E-state index in [0.29, 0.717) is 43.4 Å². The summed E-state index contributed by atoms with van der Waals surface area (Å²) in [6.07, 6.45) is 4.66. The van der Waals surface area contributed by atoms with Gasteiger partial charge in [0.05, 0.1) is 24.2 Å². The Hall–Kier alpha value is -2.16. The molecule has 2 heterocycles. The van der Waals surface area contributed by atoms with Gasteiger partial charge in [-0.2, -0.15) is 4.31 Å². The lowest BCUT2D eigenvalue weighted by Crippen LogP contribution is -2.50. The highest BCUT2D eigenvalue weighted by Crippen LogP contribution is 2.26. The summed E-state index contributed by atoms with van der Waals surface area (Å²) in [5, 5.41) is 2.82. The molecule has 2 aliphatic rings. The van der Waals surface area contributed by atoms with Crippen molar-refractivity contribution >= 4 is 15.9 Å². The minimum atomic E-state index is -3.48. The minimum absolute atomic E-state index is 0.0914. The van der Waals surface area contributed by atoms with Crippen LogP contribution in [0.1, 0.15) is 23.3 Å². The van der Waals surface area contributed by atoms with Gasteiger partial charge < -0.3 is 9.73 Å². The van der Waals surface area contributed by atoms with Gasteiger partial charge in [0.25, 0.3) is 0 Å². The van der Waals surface area contributed by atoms with Gasteiger partial charge in [-0.1, -0.05) is 6.07 Å². The van der Waals surface area contributed by atoms with Crippen LogP contribution in [0, 0.1) is 0 Å². The number of nitrogens with zero attached hydrogens (tertiary/aromatic N) is 2. The monoisotopic (exact) mass is 403 g/mol. The van der Waals surface area contributed by atoms with Crippen LogP contribution in [0.2, 0.25) is 0 Å². The van der Waals surface area contributed by atoms with E-state index < -0.39 is 10.0 Å². The zero-order valence-corrected chi connectivity index (χ0v) is 16.6. The molecular weight excluding hydrogens is 378 g/mol. The molecule has 7 nitrogen and oxygen atoms in total. The molecule has 1 aliphatic carbocycles. The van der Waals surface area contributed by atoms with Crippen molar-refractivity contribution in [3.05, 3.63) is 53.5 Å². The summed E-state index contributed by atoms with van der Waals surface area (Å²) in [5.41, 5.74) is 2.43. The fourth-order valence-corrected chi connectivity index (χ4v) is 5.32. The Labute approximate surface area is 165 Å². The molecule has 1 saturated heterocycles. The van der Waals surface area contributed by atoms with Gasteiger partial charge in [-0.25, -0.2) is 8.42 Å². The number of carbonyl (C=O) groups is 1. The van der Waals surface area contributed by atoms with Gasteiger partial charge in [0.1, 0.15) is 5.76 Å². The number of piperazine rings is 1. The highest BCUT2D eigenvalue weighted by molar-refractivity contribution is 7.89. The van der Waals surface area contributed by atoms with Gasteiger partial charge >= 0.3 is 0 Å². The molecule has 1 fully saturated rings. The summed E-state index contributed by atoms with van der Waals surface area (Å²) in [6, 6.07) is 9.11. The van der Waals surface area contributed by atoms with E-state index in [-0.39, 0.29) is 12.5 Å². The number of amides is 1. The maximum Gasteiger partial charge on any atom is 0.243 e. The predicted octanol–water partition coefficient (Wildman–Crippen LogP) is 1.39. The number of rotatable bonds is 6. The predicted molar refractivity (Wildman–Crippen MR) is 104 cm³/mol. The largest absolute Gasteiger partial charge is 0.467 e. The van der Waals surface area contributed by atoms with Crippen LogP contribution in [-0.2, 0) is 34.2 Å². The first-order valence-electron chi connectivity index (χ1n) is 9.66. The Morgan fingerprint density at radius 1 is 1.07 bits per heavy atom. The van der Waals surface area contributed by atoms with Crippen LogP contribution in [0.3, 0.4) is 0 Å². The molecule has 0 bridgehead atoms. The molecule has 1 aromatic heterocycles. The van der Waals surface area contributed by atoms with Gasteiger partial charge in [0.15, 0.2) is 0 Å². The van der Waals surface area contributed by atoms with E-state index in [0.717, 1.165) is 24.8 Å². The summed E-state index contributed by atoms with van der Waals surface area (Å²) in [5.74, 6) is 0.616. The first-order valence-corrected chi connectivity index (χ1v) is 11.1. The van der Waals surface area contributed by atoms with Crippen molar-refractivity contribution in [3.8, 4) is 0 Å². The Balaban J connectivity index is 1.30. The van der Waals surface area contributed by atoms with Crippen LogP contribution in [0.4, 0.5) is 0 Å². The van der Waals surface area contributed by atoms with Crippen molar-refractivity contribution in [2.24, 2.45) is 0 Å². The number of sulfonamides is 1. The molecule has 1 aromatic carbocycles. The van der Waals surface area contributed by atoms with Crippen molar-refractivity contribution in [2.75, 3.05) is 32.7 Å². The normalized spacial score (nSPS) is 18.1. The van der Waals surface area contributed by atoms with Crippen LogP contribution in [0.5, 0.6) is 0 Å². The number of hydrogen-bond acceptors (Lipinski definition) is 5. The lowest BCUT2D eigenvalue weighted by Gasteiger charge is -2.33. The lowest BCUT2D eigenvalue weighted by molar-refractivity contribution is -0.122. The molecular formula is C20H25N3O4S. The van der Waals surface area contributed by atoms with E-state index in [1.54, 1.807) is 18.4 Å². The zero-order valence-electron chi connectivity index (χ0n) is 15.8. The molecule has 0 radical (unpaired) electrons. The topological polar surface area (TPSA) is 82.9 Å². The smallest absolute Gasteiger partial charge is 0.243 e. The second-order valence-corrected chi connectivity index (χ2v) is 9.26. The first-order chi connectivity index (χ1) is 13.5. The van der Waals surface area contributed by atoms with E-state index in [1.807, 2.05) is 23.1 Å². The van der Waals surface area contributed by atoms with Crippen molar-refractivity contribution in [2.45, 2.75) is 30.7 Å². The molecule has 1 N–H and O–H groups in total. The Kier molecular flexibility index (Phi) is 5.52. The van der Waals surface area contributed by atoms with Crippen LogP contribution in [-0.4, -0.2) is 56.3 Å². The molecule has 0 saturated carbocycles. The average molecular weight is 404 g/mol. The number of fused-ring (bicyclic) bond motifs is 1. The van der Waals surface area contributed by atoms with Crippen LogP contribution in [0.15, 0.2) is 45.9 Å². The Morgan fingerprint density at radius 3 is 2.61 bits per heavy atom. The summed E-state index contributed by atoms with van der Waals surface area (Å²) in [6.45, 7) is 2.48. The minimum Gasteiger partial charge on any atom is -0.467 e. The SMILES string of the molecule is O=C(CN1CCN(S(=O)(=O)c2ccc3c(c2)CCC3)CC1)NCc1ccco1. The van der Waals surface area contributed by atoms with Crippen molar-refractivity contribution in [1.82, 2.24) is 14.5 Å². The summed E-state index contributed by atoms with van der Waals surface area (Å²) < 4.78 is 32.7. The summed E-state index contributed by atoms with van der Waals surface area (Å²) in [4.78, 5) is 14.5. The molecule has 1 amide bonds. The first kappa shape index (κ1) is 19.2. The number of nitrogens with one attached hydrogen (secondary N) is 1. The van der Waals surface area contributed by atoms with Crippen molar-refractivity contribution < 1.29 is 17.6 Å². The second-order valence-electron chi connectivity index (χ2n) is 7.32. The number of hydrogen-bond donors (Lipinski definition) is 1. The molecule has 28 heavy (non-hydrogen) atoms. The fraction of sp³-hybridized carbons (Fsp3) is 0.450. The third kappa shape index (κ3) is 4.14. The molecule has 0 atom stereocenters. The van der Waals surface area contributed by atoms with Gasteiger partial charge in [-0.05, 0) is 54.7 Å². The summed E-state index contributed by atoms with van der Waals surface area (Å²) in [7, 11) is -3.48. The highest BCUT2D eigenvalue weighted by Gasteiger charge is 2.29. The second kappa shape index (κ2) is 8.06. The average Bonchev–Trinajstić information content (AvgIpc) is 3.38. The number of benzene rings is 1. The van der Waals surface area contributed by atoms with Gasteiger partial charge in [-0.15, -0.1) is 0 Å². The fourth-order valence-electron chi connectivity index (χ4n) is 3.84. The van der Waals surface area contributed by atoms with E-state index in [1.165, 1.54) is 9.87 Å². The molecule has 4 rings (SSSR count). The van der Waals surface area contributed by atoms with E-state index in [2.05, 4.69) is 5.32 Å². The molecule has 2 aromatic rings. The molecule has 1 aliphatic heterocycles. The van der Waals surface area contributed by atoms with E-state index in [4.69, 9.17) is 4.42 Å². The Bertz CT molecular complexity index is 932. The molecule has 150 valence electrons. The number of furan rings is 1. The number of aryl methyl sites for hydroxylation is 2. The maximum absolute atomic E-state index is 13.0. The molecule has 8 heteroatoms. The van der Waals surface area contributed by atoms with Gasteiger partial charge in [0.2, 0.25) is 15.9 Å². The lowest BCUT2D eigenvalue weighted by atomic mass is 10.1. The van der Waals surface area contributed by atoms with Crippen LogP contribution in [0.25, 0.3) is 0 Å². The maximum atomic E-state index is 13.0. The Morgan fingerprint density at radius 2 is 1.86 bits per heavy atom. The zero-order chi connectivity index (χ0) is 19.6. The van der Waals surface area contributed by atoms with E-state index in [9.17, 15) is 13.2 Å². The summed E-state index contributed by atoms with van der Waals surface area (Å²) >= 11 is 0. The standard InChI is InChI=1S/C20H25N3O4S/c24-20(21-14-18-5-2-12-27-18)15-22-8-10-23(11-9-22)28(25,26)19-7-6-16-3-1-4-17(16)13-19/h2,5-7,12-13H,1,3-4,8-11,14-15H2,(H,21,24). The van der Waals surface area contributed by atoms with Crippen molar-refractivity contribution in [1.29, 1.82) is 0 Å². The van der Waals surface area contributed by atoms with E-state index >= 15 is 0 Å². The number of carbonyl (C=O) groups excluding carboxylic acids is 1. The van der Waals surface area contributed by atoms with Crippen LogP contribution < -0.4 is 5.32 Å². The third-order valence-corrected chi connectivity index (χ3v) is 7.34. The van der Waals surface area contributed by atoms with Crippen LogP contribution >= 0.6 is 0 Å². The van der Waals surface area contributed by atoms with Gasteiger partial charge in [-0.3, -0.25) is 9.69 Å².